The molecule has 0 aliphatic heterocycles. The number of ether oxygens (including phenoxy) is 1. The molecule has 0 heterocycles. The van der Waals surface area contributed by atoms with Crippen LogP contribution in [0, 0.1) is 0 Å². The van der Waals surface area contributed by atoms with Gasteiger partial charge in [-0.15, -0.1) is 0 Å². The van der Waals surface area contributed by atoms with Crippen molar-refractivity contribution < 1.29 is 4.74 Å². The molecule has 0 N–H and O–H groups in total. The summed E-state index contributed by atoms with van der Waals surface area (Å²) in [6.07, 6.45) is 2.11. The molecule has 0 aromatic heterocycles. The van der Waals surface area contributed by atoms with E-state index in [-0.39, 0.29) is 0 Å². The fourth-order valence-corrected chi connectivity index (χ4v) is 2.02. The Balaban J connectivity index is 3.77. The van der Waals surface area contributed by atoms with Gasteiger partial charge in [0.2, 0.25) is 0 Å². The Bertz CT molecular complexity index is 140. The molecular weight excluding hydrogens is 244 g/mol. The zero-order valence-corrected chi connectivity index (χ0v) is 12.2. The Morgan fingerprint density at radius 3 is 2.15 bits per heavy atom. The van der Waals surface area contributed by atoms with E-state index >= 15 is 0 Å². The third-order valence-corrected chi connectivity index (χ3v) is 8.46. The van der Waals surface area contributed by atoms with Crippen molar-refractivity contribution in [3.05, 3.63) is 0 Å². The van der Waals surface area contributed by atoms with Crippen molar-refractivity contribution >= 4 is 24.0 Å². The molecule has 80 valence electrons. The Morgan fingerprint density at radius 2 is 1.77 bits per heavy atom. The summed E-state index contributed by atoms with van der Waals surface area (Å²) >= 11 is 3.40. The Morgan fingerprint density at radius 1 is 1.23 bits per heavy atom. The number of hydrogen-bond acceptors (Lipinski definition) is 1. The maximum Gasteiger partial charge on any atom is 0.0829 e. The minimum absolute atomic E-state index is 0.446. The van der Waals surface area contributed by atoms with Crippen molar-refractivity contribution in [2.45, 2.75) is 45.3 Å². The van der Waals surface area contributed by atoms with Crippen LogP contribution >= 0.6 is 15.9 Å². The molecule has 0 rings (SSSR count). The van der Waals surface area contributed by atoms with Crippen molar-refractivity contribution in [2.24, 2.45) is 0 Å². The molecule has 0 aromatic carbocycles. The summed E-state index contributed by atoms with van der Waals surface area (Å²) < 4.78 is 5.70. The standard InChI is InChI=1S/C10H23BrOSi/c1-10(2,3)13(4,5)9-12-8-6-7-11/h6-9H2,1-5H3. The summed E-state index contributed by atoms with van der Waals surface area (Å²) in [5.74, 6) is 0. The van der Waals surface area contributed by atoms with Gasteiger partial charge in [-0.25, -0.2) is 0 Å². The summed E-state index contributed by atoms with van der Waals surface area (Å²) in [5, 5.41) is 1.49. The lowest BCUT2D eigenvalue weighted by atomic mass is 10.2. The molecule has 0 aromatic rings. The monoisotopic (exact) mass is 266 g/mol. The molecule has 0 fully saturated rings. The molecule has 0 aliphatic rings. The topological polar surface area (TPSA) is 9.23 Å². The average Bonchev–Trinajstić information content (AvgIpc) is 1.96. The van der Waals surface area contributed by atoms with E-state index in [1.54, 1.807) is 0 Å². The molecule has 0 bridgehead atoms. The van der Waals surface area contributed by atoms with Crippen LogP contribution in [0.4, 0.5) is 0 Å². The van der Waals surface area contributed by atoms with E-state index in [2.05, 4.69) is 49.8 Å². The second-order valence-electron chi connectivity index (χ2n) is 5.23. The van der Waals surface area contributed by atoms with Crippen LogP contribution in [-0.2, 0) is 4.74 Å². The normalized spacial score (nSPS) is 13.4. The van der Waals surface area contributed by atoms with Crippen LogP contribution in [0.3, 0.4) is 0 Å². The van der Waals surface area contributed by atoms with Crippen LogP contribution in [0.1, 0.15) is 27.2 Å². The highest BCUT2D eigenvalue weighted by Gasteiger charge is 2.35. The SMILES string of the molecule is CC(C)(C)[Si](C)(C)COCCCBr. The predicted molar refractivity (Wildman–Crippen MR) is 66.4 cm³/mol. The first kappa shape index (κ1) is 13.7. The zero-order valence-electron chi connectivity index (χ0n) is 9.61. The van der Waals surface area contributed by atoms with Crippen LogP contribution in [-0.4, -0.2) is 26.2 Å². The molecule has 13 heavy (non-hydrogen) atoms. The van der Waals surface area contributed by atoms with Gasteiger partial charge in [-0.3, -0.25) is 0 Å². The van der Waals surface area contributed by atoms with Gasteiger partial charge >= 0.3 is 0 Å². The summed E-state index contributed by atoms with van der Waals surface area (Å²) in [4.78, 5) is 0. The highest BCUT2D eigenvalue weighted by Crippen LogP contribution is 2.35. The quantitative estimate of drug-likeness (QED) is 0.418. The van der Waals surface area contributed by atoms with Gasteiger partial charge in [-0.1, -0.05) is 49.8 Å². The second kappa shape index (κ2) is 5.52. The van der Waals surface area contributed by atoms with E-state index in [0.717, 1.165) is 24.6 Å². The maximum atomic E-state index is 5.70. The van der Waals surface area contributed by atoms with Crippen molar-refractivity contribution in [1.82, 2.24) is 0 Å². The van der Waals surface area contributed by atoms with Crippen LogP contribution in [0.25, 0.3) is 0 Å². The van der Waals surface area contributed by atoms with E-state index in [0.29, 0.717) is 5.04 Å². The summed E-state index contributed by atoms with van der Waals surface area (Å²) in [5.41, 5.74) is 0. The minimum atomic E-state index is -1.19. The average molecular weight is 267 g/mol. The Labute approximate surface area is 92.4 Å². The Hall–Kier alpha value is 0.657. The van der Waals surface area contributed by atoms with Crippen molar-refractivity contribution in [2.75, 3.05) is 18.2 Å². The number of alkyl halides is 1. The fourth-order valence-electron chi connectivity index (χ4n) is 0.700. The smallest absolute Gasteiger partial charge is 0.0829 e. The first-order chi connectivity index (χ1) is 5.81. The Kier molecular flexibility index (Phi) is 5.80. The number of rotatable bonds is 5. The summed E-state index contributed by atoms with van der Waals surface area (Å²) in [6, 6.07) is 0. The van der Waals surface area contributed by atoms with Crippen molar-refractivity contribution in [3.63, 3.8) is 0 Å². The molecule has 0 saturated carbocycles. The van der Waals surface area contributed by atoms with Crippen LogP contribution in [0.5, 0.6) is 0 Å². The summed E-state index contributed by atoms with van der Waals surface area (Å²) in [6.45, 7) is 12.7. The van der Waals surface area contributed by atoms with Gasteiger partial charge in [0, 0.05) is 18.2 Å². The largest absolute Gasteiger partial charge is 0.385 e. The first-order valence-corrected chi connectivity index (χ1v) is 9.28. The van der Waals surface area contributed by atoms with E-state index in [4.69, 9.17) is 4.74 Å². The van der Waals surface area contributed by atoms with Crippen molar-refractivity contribution in [3.8, 4) is 0 Å². The molecular formula is C10H23BrOSi. The zero-order chi connectivity index (χ0) is 10.5. The molecule has 1 nitrogen and oxygen atoms in total. The van der Waals surface area contributed by atoms with Gasteiger partial charge in [0.25, 0.3) is 0 Å². The molecule has 0 amide bonds. The van der Waals surface area contributed by atoms with Gasteiger partial charge in [0.1, 0.15) is 0 Å². The van der Waals surface area contributed by atoms with Gasteiger partial charge in [-0.2, -0.15) is 0 Å². The highest BCUT2D eigenvalue weighted by atomic mass is 79.9. The van der Waals surface area contributed by atoms with Gasteiger partial charge in [0.15, 0.2) is 0 Å². The highest BCUT2D eigenvalue weighted by molar-refractivity contribution is 9.09. The molecule has 0 unspecified atom stereocenters. The van der Waals surface area contributed by atoms with Gasteiger partial charge in [-0.05, 0) is 11.5 Å². The molecule has 0 saturated heterocycles. The first-order valence-electron chi connectivity index (χ1n) is 4.95. The third-order valence-electron chi connectivity index (χ3n) is 2.92. The van der Waals surface area contributed by atoms with E-state index in [9.17, 15) is 0 Å². The lowest BCUT2D eigenvalue weighted by molar-refractivity contribution is 0.172. The van der Waals surface area contributed by atoms with Crippen LogP contribution in [0.15, 0.2) is 0 Å². The predicted octanol–water partition coefficient (Wildman–Crippen LogP) is 3.84. The molecule has 0 atom stereocenters. The van der Waals surface area contributed by atoms with Gasteiger partial charge < -0.3 is 4.74 Å². The minimum Gasteiger partial charge on any atom is -0.385 e. The van der Waals surface area contributed by atoms with Crippen LogP contribution < -0.4 is 0 Å². The molecule has 0 spiro atoms. The fraction of sp³-hybridized carbons (Fsp3) is 1.00. The second-order valence-corrected chi connectivity index (χ2v) is 11.6. The van der Waals surface area contributed by atoms with E-state index < -0.39 is 8.07 Å². The number of halogens is 1. The summed E-state index contributed by atoms with van der Waals surface area (Å²) in [7, 11) is -1.19. The third kappa shape index (κ3) is 5.18. The molecule has 0 aliphatic carbocycles. The lowest BCUT2D eigenvalue weighted by Gasteiger charge is -2.36. The van der Waals surface area contributed by atoms with Crippen LogP contribution in [0.2, 0.25) is 18.1 Å². The van der Waals surface area contributed by atoms with Gasteiger partial charge in [0.05, 0.1) is 8.07 Å². The maximum absolute atomic E-state index is 5.70. The molecule has 0 radical (unpaired) electrons. The number of hydrogen-bond donors (Lipinski definition) is 0. The molecule has 3 heteroatoms. The van der Waals surface area contributed by atoms with E-state index in [1.165, 1.54) is 0 Å². The van der Waals surface area contributed by atoms with Crippen molar-refractivity contribution in [1.29, 1.82) is 0 Å². The lowest BCUT2D eigenvalue weighted by Crippen LogP contribution is -2.42. The van der Waals surface area contributed by atoms with E-state index in [1.807, 2.05) is 0 Å².